The van der Waals surface area contributed by atoms with Crippen LogP contribution in [0.5, 0.6) is 0 Å². The average Bonchev–Trinajstić information content (AvgIpc) is 2.19. The topological polar surface area (TPSA) is 24.1 Å². The van der Waals surface area contributed by atoms with Crippen LogP contribution in [0.25, 0.3) is 0 Å². The molecule has 0 bridgehead atoms. The first-order valence-electron chi connectivity index (χ1n) is 5.07. The van der Waals surface area contributed by atoms with E-state index >= 15 is 0 Å². The minimum absolute atomic E-state index is 0. The second-order valence-electron chi connectivity index (χ2n) is 3.70. The van der Waals surface area contributed by atoms with Crippen molar-refractivity contribution in [3.05, 3.63) is 29.3 Å². The fourth-order valence-corrected chi connectivity index (χ4v) is 1.98. The second-order valence-corrected chi connectivity index (χ2v) is 4.13. The molecule has 92 valence electrons. The summed E-state index contributed by atoms with van der Waals surface area (Å²) in [6, 6.07) is 8.44. The number of halogens is 3. The molecule has 1 aliphatic heterocycles. The first-order valence-corrected chi connectivity index (χ1v) is 5.45. The number of anilines is 1. The van der Waals surface area contributed by atoms with Crippen LogP contribution in [0, 0.1) is 0 Å². The maximum atomic E-state index is 5.91. The zero-order chi connectivity index (χ0) is 9.80. The van der Waals surface area contributed by atoms with E-state index in [0.29, 0.717) is 6.04 Å². The van der Waals surface area contributed by atoms with E-state index in [-0.39, 0.29) is 24.8 Å². The molecule has 1 heterocycles. The molecule has 5 heteroatoms. The molecule has 1 unspecified atom stereocenters. The molecular formula is C11H17Cl3N2. The third-order valence-corrected chi connectivity index (χ3v) is 2.73. The van der Waals surface area contributed by atoms with Crippen molar-refractivity contribution >= 4 is 42.1 Å². The van der Waals surface area contributed by atoms with E-state index in [2.05, 4.69) is 16.7 Å². The summed E-state index contributed by atoms with van der Waals surface area (Å²) < 4.78 is 0. The predicted molar refractivity (Wildman–Crippen MR) is 75.5 cm³/mol. The molecule has 0 spiro atoms. The van der Waals surface area contributed by atoms with Gasteiger partial charge in [-0.1, -0.05) is 17.7 Å². The number of hydrogen-bond acceptors (Lipinski definition) is 2. The van der Waals surface area contributed by atoms with Gasteiger partial charge < -0.3 is 10.6 Å². The molecule has 2 nitrogen and oxygen atoms in total. The van der Waals surface area contributed by atoms with Gasteiger partial charge in [0.2, 0.25) is 0 Å². The Morgan fingerprint density at radius 1 is 1.31 bits per heavy atom. The van der Waals surface area contributed by atoms with Crippen molar-refractivity contribution in [1.29, 1.82) is 0 Å². The molecule has 1 aliphatic rings. The highest BCUT2D eigenvalue weighted by molar-refractivity contribution is 6.30. The van der Waals surface area contributed by atoms with Gasteiger partial charge in [0.25, 0.3) is 0 Å². The highest BCUT2D eigenvalue weighted by Crippen LogP contribution is 2.17. The highest BCUT2D eigenvalue weighted by Gasteiger charge is 2.11. The molecule has 0 aromatic heterocycles. The zero-order valence-corrected chi connectivity index (χ0v) is 11.3. The number of benzene rings is 1. The standard InChI is InChI=1S/C11H15ClN2.2ClH/c12-9-3-1-4-10(7-9)14-11-5-2-6-13-8-11;;/h1,3-4,7,11,13-14H,2,5-6,8H2;2*1H. The Hall–Kier alpha value is -0.150. The highest BCUT2D eigenvalue weighted by atomic mass is 35.5. The van der Waals surface area contributed by atoms with Crippen molar-refractivity contribution in [3.8, 4) is 0 Å². The second kappa shape index (κ2) is 8.02. The maximum absolute atomic E-state index is 5.91. The van der Waals surface area contributed by atoms with Crippen LogP contribution < -0.4 is 10.6 Å². The third kappa shape index (κ3) is 4.79. The van der Waals surface area contributed by atoms with E-state index in [1.807, 2.05) is 18.2 Å². The van der Waals surface area contributed by atoms with Gasteiger partial charge in [-0.15, -0.1) is 24.8 Å². The zero-order valence-electron chi connectivity index (χ0n) is 8.91. The molecular weight excluding hydrogens is 266 g/mol. The van der Waals surface area contributed by atoms with Crippen LogP contribution in [0.2, 0.25) is 5.02 Å². The molecule has 1 atom stereocenters. The van der Waals surface area contributed by atoms with Crippen molar-refractivity contribution in [3.63, 3.8) is 0 Å². The summed E-state index contributed by atoms with van der Waals surface area (Å²) in [4.78, 5) is 0. The summed E-state index contributed by atoms with van der Waals surface area (Å²) in [7, 11) is 0. The summed E-state index contributed by atoms with van der Waals surface area (Å²) in [5.41, 5.74) is 1.12. The minimum Gasteiger partial charge on any atom is -0.381 e. The van der Waals surface area contributed by atoms with Crippen LogP contribution in [0.15, 0.2) is 24.3 Å². The van der Waals surface area contributed by atoms with Crippen LogP contribution in [0.1, 0.15) is 12.8 Å². The van der Waals surface area contributed by atoms with Gasteiger partial charge in [0.15, 0.2) is 0 Å². The fraction of sp³-hybridized carbons (Fsp3) is 0.455. The van der Waals surface area contributed by atoms with Gasteiger partial charge in [0.05, 0.1) is 0 Å². The van der Waals surface area contributed by atoms with Crippen LogP contribution in [0.3, 0.4) is 0 Å². The Kier molecular flexibility index (Phi) is 7.94. The molecule has 16 heavy (non-hydrogen) atoms. The van der Waals surface area contributed by atoms with Gasteiger partial charge in [-0.2, -0.15) is 0 Å². The van der Waals surface area contributed by atoms with Crippen molar-refractivity contribution in [2.24, 2.45) is 0 Å². The Labute approximate surface area is 114 Å². The van der Waals surface area contributed by atoms with Gasteiger partial charge >= 0.3 is 0 Å². The summed E-state index contributed by atoms with van der Waals surface area (Å²) in [5, 5.41) is 7.64. The van der Waals surface area contributed by atoms with Gasteiger partial charge in [-0.05, 0) is 37.6 Å². The molecule has 0 radical (unpaired) electrons. The first-order chi connectivity index (χ1) is 6.84. The lowest BCUT2D eigenvalue weighted by molar-refractivity contribution is 0.480. The number of hydrogen-bond donors (Lipinski definition) is 2. The third-order valence-electron chi connectivity index (χ3n) is 2.49. The van der Waals surface area contributed by atoms with E-state index in [1.165, 1.54) is 12.8 Å². The molecule has 1 fully saturated rings. The quantitative estimate of drug-likeness (QED) is 0.870. The molecule has 1 aromatic rings. The van der Waals surface area contributed by atoms with Crippen LogP contribution in [-0.4, -0.2) is 19.1 Å². The number of piperidine rings is 1. The van der Waals surface area contributed by atoms with Crippen LogP contribution >= 0.6 is 36.4 Å². The molecule has 2 rings (SSSR count). The van der Waals surface area contributed by atoms with Gasteiger partial charge in [0.1, 0.15) is 0 Å². The average molecular weight is 284 g/mol. The maximum Gasteiger partial charge on any atom is 0.0426 e. The molecule has 1 aromatic carbocycles. The SMILES string of the molecule is Cl.Cl.Clc1cccc(NC2CCCNC2)c1. The lowest BCUT2D eigenvalue weighted by Crippen LogP contribution is -2.38. The fourth-order valence-electron chi connectivity index (χ4n) is 1.79. The smallest absolute Gasteiger partial charge is 0.0426 e. The van der Waals surface area contributed by atoms with Crippen LogP contribution in [0.4, 0.5) is 5.69 Å². The van der Waals surface area contributed by atoms with Gasteiger partial charge in [0, 0.05) is 23.3 Å². The minimum atomic E-state index is 0. The number of rotatable bonds is 2. The van der Waals surface area contributed by atoms with Crippen LogP contribution in [-0.2, 0) is 0 Å². The Bertz CT molecular complexity index is 301. The normalized spacial score (nSPS) is 19.2. The molecule has 0 saturated carbocycles. The van der Waals surface area contributed by atoms with Crippen molar-refractivity contribution in [1.82, 2.24) is 5.32 Å². The molecule has 0 amide bonds. The predicted octanol–water partition coefficient (Wildman–Crippen LogP) is 3.35. The van der Waals surface area contributed by atoms with Crippen molar-refractivity contribution in [2.75, 3.05) is 18.4 Å². The summed E-state index contributed by atoms with van der Waals surface area (Å²) >= 11 is 5.91. The Morgan fingerprint density at radius 3 is 2.75 bits per heavy atom. The first kappa shape index (κ1) is 15.9. The monoisotopic (exact) mass is 282 g/mol. The van der Waals surface area contributed by atoms with Crippen molar-refractivity contribution in [2.45, 2.75) is 18.9 Å². The van der Waals surface area contributed by atoms with E-state index in [0.717, 1.165) is 23.8 Å². The summed E-state index contributed by atoms with van der Waals surface area (Å²) in [6.45, 7) is 2.19. The number of nitrogens with one attached hydrogen (secondary N) is 2. The molecule has 2 N–H and O–H groups in total. The molecule has 0 aliphatic carbocycles. The van der Waals surface area contributed by atoms with E-state index in [1.54, 1.807) is 0 Å². The summed E-state index contributed by atoms with van der Waals surface area (Å²) in [5.74, 6) is 0. The van der Waals surface area contributed by atoms with Gasteiger partial charge in [-0.25, -0.2) is 0 Å². The lowest BCUT2D eigenvalue weighted by atomic mass is 10.1. The van der Waals surface area contributed by atoms with E-state index in [4.69, 9.17) is 11.6 Å². The Morgan fingerprint density at radius 2 is 2.12 bits per heavy atom. The lowest BCUT2D eigenvalue weighted by Gasteiger charge is -2.24. The van der Waals surface area contributed by atoms with Crippen molar-refractivity contribution < 1.29 is 0 Å². The van der Waals surface area contributed by atoms with E-state index in [9.17, 15) is 0 Å². The van der Waals surface area contributed by atoms with E-state index < -0.39 is 0 Å². The summed E-state index contributed by atoms with van der Waals surface area (Å²) in [6.07, 6.45) is 2.48. The molecule has 1 saturated heterocycles. The largest absolute Gasteiger partial charge is 0.381 e. The Balaban J connectivity index is 0.00000112. The van der Waals surface area contributed by atoms with Gasteiger partial charge in [-0.3, -0.25) is 0 Å².